The number of amides is 2. The van der Waals surface area contributed by atoms with Crippen LogP contribution in [0.3, 0.4) is 0 Å². The average Bonchev–Trinajstić information content (AvgIpc) is 2.42. The zero-order valence-electron chi connectivity index (χ0n) is 11.9. The van der Waals surface area contributed by atoms with Crippen molar-refractivity contribution in [3.63, 3.8) is 0 Å². The molecule has 19 heavy (non-hydrogen) atoms. The summed E-state index contributed by atoms with van der Waals surface area (Å²) >= 11 is 0. The van der Waals surface area contributed by atoms with E-state index in [1.54, 1.807) is 7.05 Å². The molecule has 1 rings (SSSR count). The standard InChI is InChI=1S/C13H25N3O3/c1-11(16-7-4-3-5-8-16)10-14-13(19)15(2)9-6-12(17)18/h11H,3-10H2,1-2H3,(H,14,19)(H,17,18). The molecule has 1 aliphatic heterocycles. The first-order valence-electron chi connectivity index (χ1n) is 6.95. The van der Waals surface area contributed by atoms with E-state index in [0.717, 1.165) is 13.1 Å². The van der Waals surface area contributed by atoms with Crippen LogP contribution in [0.2, 0.25) is 0 Å². The third-order valence-electron chi connectivity index (χ3n) is 3.57. The minimum absolute atomic E-state index is 0.0222. The maximum Gasteiger partial charge on any atom is 0.317 e. The highest BCUT2D eigenvalue weighted by Crippen LogP contribution is 2.11. The average molecular weight is 271 g/mol. The highest BCUT2D eigenvalue weighted by Gasteiger charge is 2.18. The molecule has 110 valence electrons. The van der Waals surface area contributed by atoms with Crippen LogP contribution in [-0.4, -0.2) is 66.2 Å². The number of piperidine rings is 1. The number of nitrogens with one attached hydrogen (secondary N) is 1. The molecular weight excluding hydrogens is 246 g/mol. The molecule has 0 aromatic rings. The summed E-state index contributed by atoms with van der Waals surface area (Å²) in [7, 11) is 1.61. The second kappa shape index (κ2) is 7.99. The van der Waals surface area contributed by atoms with Gasteiger partial charge in [0.1, 0.15) is 0 Å². The predicted molar refractivity (Wildman–Crippen MR) is 73.2 cm³/mol. The molecular formula is C13H25N3O3. The maximum absolute atomic E-state index is 11.7. The summed E-state index contributed by atoms with van der Waals surface area (Å²) in [6.45, 7) is 5.16. The van der Waals surface area contributed by atoms with E-state index >= 15 is 0 Å². The van der Waals surface area contributed by atoms with Gasteiger partial charge in [-0.2, -0.15) is 0 Å². The zero-order valence-corrected chi connectivity index (χ0v) is 11.9. The van der Waals surface area contributed by atoms with Crippen molar-refractivity contribution in [1.29, 1.82) is 0 Å². The van der Waals surface area contributed by atoms with Gasteiger partial charge in [-0.05, 0) is 32.9 Å². The molecule has 0 radical (unpaired) electrons. The smallest absolute Gasteiger partial charge is 0.317 e. The van der Waals surface area contributed by atoms with Crippen molar-refractivity contribution in [2.24, 2.45) is 0 Å². The number of carboxylic acids is 1. The van der Waals surface area contributed by atoms with Crippen LogP contribution < -0.4 is 5.32 Å². The van der Waals surface area contributed by atoms with Crippen molar-refractivity contribution >= 4 is 12.0 Å². The molecule has 0 saturated carbocycles. The molecule has 0 bridgehead atoms. The Hall–Kier alpha value is -1.30. The molecule has 1 aliphatic rings. The topological polar surface area (TPSA) is 72.9 Å². The maximum atomic E-state index is 11.7. The fourth-order valence-corrected chi connectivity index (χ4v) is 2.22. The van der Waals surface area contributed by atoms with E-state index in [0.29, 0.717) is 12.6 Å². The molecule has 1 heterocycles. The number of nitrogens with zero attached hydrogens (tertiary/aromatic N) is 2. The Balaban J connectivity index is 2.22. The molecule has 0 aromatic carbocycles. The van der Waals surface area contributed by atoms with Gasteiger partial charge in [0.25, 0.3) is 0 Å². The second-order valence-corrected chi connectivity index (χ2v) is 5.20. The van der Waals surface area contributed by atoms with Crippen LogP contribution in [0.1, 0.15) is 32.6 Å². The van der Waals surface area contributed by atoms with Gasteiger partial charge in [0.2, 0.25) is 0 Å². The molecule has 1 unspecified atom stereocenters. The number of aliphatic carboxylic acids is 1. The van der Waals surface area contributed by atoms with Gasteiger partial charge in [-0.15, -0.1) is 0 Å². The number of carbonyl (C=O) groups is 2. The van der Waals surface area contributed by atoms with Gasteiger partial charge in [-0.1, -0.05) is 6.42 Å². The van der Waals surface area contributed by atoms with Gasteiger partial charge >= 0.3 is 12.0 Å². The van der Waals surface area contributed by atoms with E-state index < -0.39 is 5.97 Å². The van der Waals surface area contributed by atoms with Gasteiger partial charge in [-0.25, -0.2) is 4.79 Å². The van der Waals surface area contributed by atoms with Crippen LogP contribution in [0.4, 0.5) is 4.79 Å². The normalized spacial score (nSPS) is 17.8. The number of carboxylic acid groups (broad SMARTS) is 1. The van der Waals surface area contributed by atoms with Crippen LogP contribution in [0.15, 0.2) is 0 Å². The summed E-state index contributed by atoms with van der Waals surface area (Å²) < 4.78 is 0. The Morgan fingerprint density at radius 2 is 1.95 bits per heavy atom. The third kappa shape index (κ3) is 5.92. The van der Waals surface area contributed by atoms with Gasteiger partial charge in [0, 0.05) is 26.2 Å². The van der Waals surface area contributed by atoms with Crippen LogP contribution in [0.5, 0.6) is 0 Å². The van der Waals surface area contributed by atoms with Crippen molar-refractivity contribution in [2.45, 2.75) is 38.6 Å². The number of likely N-dealkylation sites (tertiary alicyclic amines) is 1. The lowest BCUT2D eigenvalue weighted by Gasteiger charge is -2.32. The fraction of sp³-hybridized carbons (Fsp3) is 0.846. The predicted octanol–water partition coefficient (Wildman–Crippen LogP) is 0.977. The molecule has 0 aliphatic carbocycles. The number of hydrogen-bond donors (Lipinski definition) is 2. The summed E-state index contributed by atoms with van der Waals surface area (Å²) in [5.41, 5.74) is 0. The lowest BCUT2D eigenvalue weighted by atomic mass is 10.1. The fourth-order valence-electron chi connectivity index (χ4n) is 2.22. The van der Waals surface area contributed by atoms with Crippen LogP contribution in [0, 0.1) is 0 Å². The number of carbonyl (C=O) groups excluding carboxylic acids is 1. The van der Waals surface area contributed by atoms with E-state index in [-0.39, 0.29) is 19.0 Å². The monoisotopic (exact) mass is 271 g/mol. The zero-order chi connectivity index (χ0) is 14.3. The summed E-state index contributed by atoms with van der Waals surface area (Å²) in [5, 5.41) is 11.4. The van der Waals surface area contributed by atoms with E-state index in [1.165, 1.54) is 24.2 Å². The van der Waals surface area contributed by atoms with Gasteiger partial charge in [-0.3, -0.25) is 9.69 Å². The highest BCUT2D eigenvalue weighted by molar-refractivity contribution is 5.75. The van der Waals surface area contributed by atoms with Gasteiger partial charge in [0.15, 0.2) is 0 Å². The molecule has 1 saturated heterocycles. The first kappa shape index (κ1) is 15.8. The lowest BCUT2D eigenvalue weighted by molar-refractivity contribution is -0.137. The van der Waals surface area contributed by atoms with Crippen molar-refractivity contribution in [1.82, 2.24) is 15.1 Å². The first-order chi connectivity index (χ1) is 9.00. The largest absolute Gasteiger partial charge is 0.481 e. The van der Waals surface area contributed by atoms with Crippen molar-refractivity contribution in [2.75, 3.05) is 33.2 Å². The molecule has 1 fully saturated rings. The third-order valence-corrected chi connectivity index (χ3v) is 3.57. The van der Waals surface area contributed by atoms with Gasteiger partial charge < -0.3 is 15.3 Å². The van der Waals surface area contributed by atoms with E-state index in [4.69, 9.17) is 5.11 Å². The second-order valence-electron chi connectivity index (χ2n) is 5.20. The Labute approximate surface area is 114 Å². The van der Waals surface area contributed by atoms with Crippen LogP contribution in [-0.2, 0) is 4.79 Å². The number of hydrogen-bond acceptors (Lipinski definition) is 3. The first-order valence-corrected chi connectivity index (χ1v) is 6.95. The quantitative estimate of drug-likeness (QED) is 0.755. The highest BCUT2D eigenvalue weighted by atomic mass is 16.4. The number of rotatable bonds is 6. The van der Waals surface area contributed by atoms with Crippen molar-refractivity contribution < 1.29 is 14.7 Å². The minimum atomic E-state index is -0.888. The van der Waals surface area contributed by atoms with Crippen molar-refractivity contribution in [3.8, 4) is 0 Å². The van der Waals surface area contributed by atoms with E-state index in [2.05, 4.69) is 17.1 Å². The Bertz CT molecular complexity index is 304. The Morgan fingerprint density at radius 1 is 1.32 bits per heavy atom. The van der Waals surface area contributed by atoms with E-state index in [9.17, 15) is 9.59 Å². The van der Waals surface area contributed by atoms with Crippen molar-refractivity contribution in [3.05, 3.63) is 0 Å². The molecule has 6 heteroatoms. The summed E-state index contributed by atoms with van der Waals surface area (Å²) in [6, 6.07) is 0.127. The van der Waals surface area contributed by atoms with E-state index in [1.807, 2.05) is 0 Å². The lowest BCUT2D eigenvalue weighted by Crippen LogP contribution is -2.47. The summed E-state index contributed by atoms with van der Waals surface area (Å²) in [5.74, 6) is -0.888. The molecule has 0 spiro atoms. The minimum Gasteiger partial charge on any atom is -0.481 e. The van der Waals surface area contributed by atoms with Crippen LogP contribution in [0.25, 0.3) is 0 Å². The molecule has 0 aromatic heterocycles. The molecule has 1 atom stereocenters. The van der Waals surface area contributed by atoms with Crippen LogP contribution >= 0.6 is 0 Å². The van der Waals surface area contributed by atoms with Gasteiger partial charge in [0.05, 0.1) is 6.42 Å². The SMILES string of the molecule is CC(CNC(=O)N(C)CCC(=O)O)N1CCCCC1. The molecule has 2 amide bonds. The Kier molecular flexibility index (Phi) is 6.62. The number of urea groups is 1. The Morgan fingerprint density at radius 3 is 2.53 bits per heavy atom. The summed E-state index contributed by atoms with van der Waals surface area (Å²) in [6.07, 6.45) is 3.74. The molecule has 6 nitrogen and oxygen atoms in total. The molecule has 2 N–H and O–H groups in total. The summed E-state index contributed by atoms with van der Waals surface area (Å²) in [4.78, 5) is 26.0.